The SMILES string of the molecule is CCCCC[C@H](O)/C=C/[C@@H]1[C@@H](C/C=C/CCCC(=O)O[C@H](COC(=O)CCCCCCCCCCCCCC(C)C)COP(=O)(O)O)[C@@H](O)C[C@H]1O. The first kappa shape index (κ1) is 48.4. The molecule has 6 atom stereocenters. The molecule has 0 amide bonds. The number of aliphatic hydroxyl groups is 3. The number of aliphatic hydroxyl groups excluding tert-OH is 3. The van der Waals surface area contributed by atoms with E-state index in [1.54, 1.807) is 6.08 Å². The number of ether oxygens (including phenoxy) is 2. The number of carbonyl (C=O) groups excluding carboxylic acids is 2. The maximum Gasteiger partial charge on any atom is 0.469 e. The van der Waals surface area contributed by atoms with Gasteiger partial charge in [0.05, 0.1) is 24.9 Å². The van der Waals surface area contributed by atoms with Gasteiger partial charge in [-0.3, -0.25) is 14.1 Å². The summed E-state index contributed by atoms with van der Waals surface area (Å²) in [7, 11) is -4.82. The van der Waals surface area contributed by atoms with E-state index in [1.165, 1.54) is 51.4 Å². The first-order chi connectivity index (χ1) is 24.8. The summed E-state index contributed by atoms with van der Waals surface area (Å²) in [5.74, 6) is -0.701. The average molecular weight is 761 g/mol. The summed E-state index contributed by atoms with van der Waals surface area (Å²) in [5, 5.41) is 31.2. The molecule has 12 heteroatoms. The van der Waals surface area contributed by atoms with Crippen molar-refractivity contribution in [3.8, 4) is 0 Å². The summed E-state index contributed by atoms with van der Waals surface area (Å²) < 4.78 is 26.3. The third-order valence-electron chi connectivity index (χ3n) is 9.72. The van der Waals surface area contributed by atoms with E-state index in [9.17, 15) is 29.5 Å². The summed E-state index contributed by atoms with van der Waals surface area (Å²) in [5.41, 5.74) is 0. The Morgan fingerprint density at radius 1 is 0.769 bits per heavy atom. The van der Waals surface area contributed by atoms with Crippen LogP contribution < -0.4 is 0 Å². The van der Waals surface area contributed by atoms with Crippen LogP contribution in [0.1, 0.15) is 162 Å². The number of esters is 2. The van der Waals surface area contributed by atoms with Crippen molar-refractivity contribution in [3.63, 3.8) is 0 Å². The Labute approximate surface area is 314 Å². The molecule has 0 aromatic carbocycles. The monoisotopic (exact) mass is 760 g/mol. The smallest absolute Gasteiger partial charge is 0.462 e. The third-order valence-corrected chi connectivity index (χ3v) is 10.2. The fraction of sp³-hybridized carbons (Fsp3) is 0.850. The van der Waals surface area contributed by atoms with E-state index < -0.39 is 50.8 Å². The Morgan fingerprint density at radius 2 is 1.37 bits per heavy atom. The van der Waals surface area contributed by atoms with Gasteiger partial charge in [-0.2, -0.15) is 0 Å². The van der Waals surface area contributed by atoms with Crippen LogP contribution in [0.2, 0.25) is 0 Å². The van der Waals surface area contributed by atoms with Gasteiger partial charge in [0, 0.05) is 25.2 Å². The van der Waals surface area contributed by atoms with Crippen molar-refractivity contribution in [2.24, 2.45) is 17.8 Å². The number of rotatable bonds is 32. The van der Waals surface area contributed by atoms with Gasteiger partial charge < -0.3 is 34.6 Å². The number of unbranched alkanes of at least 4 members (excludes halogenated alkanes) is 13. The average Bonchev–Trinajstić information content (AvgIpc) is 3.35. The van der Waals surface area contributed by atoms with Gasteiger partial charge >= 0.3 is 19.8 Å². The summed E-state index contributed by atoms with van der Waals surface area (Å²) in [6.45, 7) is 5.69. The molecule has 0 saturated heterocycles. The van der Waals surface area contributed by atoms with Gasteiger partial charge in [0.25, 0.3) is 0 Å². The molecule has 0 aliphatic heterocycles. The molecule has 11 nitrogen and oxygen atoms in total. The van der Waals surface area contributed by atoms with E-state index in [2.05, 4.69) is 25.3 Å². The van der Waals surface area contributed by atoms with Crippen molar-refractivity contribution in [1.82, 2.24) is 0 Å². The predicted octanol–water partition coefficient (Wildman–Crippen LogP) is 8.25. The number of carbonyl (C=O) groups is 2. The standard InChI is InChI=1S/C40H73O11P/c1-4-5-17-23-33(41)27-28-36-35(37(42)29-38(36)43)24-19-15-16-21-26-40(45)51-34(31-50-52(46,47)48)30-49-39(44)25-20-14-12-10-8-6-7-9-11-13-18-22-32(2)3/h15,19,27-28,32-38,41-43H,4-14,16-18,20-26,29-31H2,1-3H3,(H2,46,47,48)/b19-15+,28-27+/t33-,34+,35+,36+,37-,38+/m0/s1. The lowest BCUT2D eigenvalue weighted by Crippen LogP contribution is -2.29. The number of allylic oxidation sites excluding steroid dienone is 2. The van der Waals surface area contributed by atoms with Gasteiger partial charge in [-0.15, -0.1) is 0 Å². The lowest BCUT2D eigenvalue weighted by atomic mass is 9.89. The van der Waals surface area contributed by atoms with E-state index in [0.717, 1.165) is 44.4 Å². The van der Waals surface area contributed by atoms with Crippen molar-refractivity contribution < 1.29 is 53.3 Å². The zero-order valence-corrected chi connectivity index (χ0v) is 33.3. The Balaban J connectivity index is 2.32. The normalized spacial score (nSPS) is 20.6. The zero-order chi connectivity index (χ0) is 38.6. The van der Waals surface area contributed by atoms with Crippen molar-refractivity contribution in [2.75, 3.05) is 13.2 Å². The molecule has 1 saturated carbocycles. The Kier molecular flexibility index (Phi) is 27.7. The molecule has 0 spiro atoms. The summed E-state index contributed by atoms with van der Waals surface area (Å²) in [6, 6.07) is 0. The van der Waals surface area contributed by atoms with Gasteiger partial charge in [0.1, 0.15) is 6.61 Å². The molecular weight excluding hydrogens is 687 g/mol. The molecule has 1 aliphatic rings. The van der Waals surface area contributed by atoms with Gasteiger partial charge in [-0.05, 0) is 43.9 Å². The van der Waals surface area contributed by atoms with E-state index in [0.29, 0.717) is 32.1 Å². The number of hydrogen-bond acceptors (Lipinski definition) is 9. The maximum atomic E-state index is 12.5. The van der Waals surface area contributed by atoms with Crippen LogP contribution in [0.5, 0.6) is 0 Å². The van der Waals surface area contributed by atoms with Crippen LogP contribution in [0.3, 0.4) is 0 Å². The molecule has 0 aromatic heterocycles. The van der Waals surface area contributed by atoms with Crippen LogP contribution >= 0.6 is 7.82 Å². The second-order valence-corrected chi connectivity index (χ2v) is 16.3. The number of hydrogen-bond donors (Lipinski definition) is 5. The minimum Gasteiger partial charge on any atom is -0.462 e. The van der Waals surface area contributed by atoms with E-state index in [4.69, 9.17) is 19.3 Å². The van der Waals surface area contributed by atoms with Crippen LogP contribution in [-0.4, -0.2) is 74.7 Å². The maximum absolute atomic E-state index is 12.5. The van der Waals surface area contributed by atoms with Gasteiger partial charge in [0.15, 0.2) is 6.10 Å². The Bertz CT molecular complexity index is 1030. The number of phosphoric ester groups is 1. The molecule has 0 unspecified atom stereocenters. The molecule has 1 aliphatic carbocycles. The van der Waals surface area contributed by atoms with Gasteiger partial charge in [-0.1, -0.05) is 135 Å². The molecule has 5 N–H and O–H groups in total. The molecule has 52 heavy (non-hydrogen) atoms. The summed E-state index contributed by atoms with van der Waals surface area (Å²) in [4.78, 5) is 43.0. The second kappa shape index (κ2) is 29.7. The van der Waals surface area contributed by atoms with Crippen LogP contribution in [0.15, 0.2) is 24.3 Å². The van der Waals surface area contributed by atoms with Gasteiger partial charge in [0.2, 0.25) is 0 Å². The largest absolute Gasteiger partial charge is 0.469 e. The fourth-order valence-corrected chi connectivity index (χ4v) is 6.97. The predicted molar refractivity (Wildman–Crippen MR) is 204 cm³/mol. The fourth-order valence-electron chi connectivity index (χ4n) is 6.61. The molecule has 0 aromatic rings. The highest BCUT2D eigenvalue weighted by molar-refractivity contribution is 7.46. The van der Waals surface area contributed by atoms with Crippen LogP contribution in [0.4, 0.5) is 0 Å². The van der Waals surface area contributed by atoms with Crippen molar-refractivity contribution in [3.05, 3.63) is 24.3 Å². The van der Waals surface area contributed by atoms with E-state index >= 15 is 0 Å². The molecule has 1 rings (SSSR count). The molecule has 0 bridgehead atoms. The highest BCUT2D eigenvalue weighted by Crippen LogP contribution is 2.37. The Morgan fingerprint density at radius 3 is 1.98 bits per heavy atom. The second-order valence-electron chi connectivity index (χ2n) is 15.1. The highest BCUT2D eigenvalue weighted by atomic mass is 31.2. The topological polar surface area (TPSA) is 180 Å². The molecule has 1 fully saturated rings. The lowest BCUT2D eigenvalue weighted by Gasteiger charge is -2.19. The van der Waals surface area contributed by atoms with Crippen molar-refractivity contribution in [2.45, 2.75) is 186 Å². The molecule has 0 heterocycles. The minimum absolute atomic E-state index is 0.0368. The van der Waals surface area contributed by atoms with E-state index in [1.807, 2.05) is 18.2 Å². The van der Waals surface area contributed by atoms with E-state index in [-0.39, 0.29) is 37.7 Å². The number of phosphoric acid groups is 1. The molecular formula is C40H73O11P. The summed E-state index contributed by atoms with van der Waals surface area (Å²) >= 11 is 0. The summed E-state index contributed by atoms with van der Waals surface area (Å²) in [6.07, 6.45) is 24.3. The highest BCUT2D eigenvalue weighted by Gasteiger charge is 2.39. The zero-order valence-electron chi connectivity index (χ0n) is 32.5. The van der Waals surface area contributed by atoms with Crippen LogP contribution in [0, 0.1) is 17.8 Å². The first-order valence-corrected chi connectivity index (χ1v) is 21.8. The molecule has 0 radical (unpaired) electrons. The van der Waals surface area contributed by atoms with Crippen LogP contribution in [-0.2, 0) is 28.2 Å². The third kappa shape index (κ3) is 26.2. The quantitative estimate of drug-likeness (QED) is 0.0193. The van der Waals surface area contributed by atoms with Crippen LogP contribution in [0.25, 0.3) is 0 Å². The van der Waals surface area contributed by atoms with Crippen molar-refractivity contribution >= 4 is 19.8 Å². The Hall–Kier alpha value is -1.59. The van der Waals surface area contributed by atoms with Gasteiger partial charge in [-0.25, -0.2) is 4.57 Å². The molecule has 304 valence electrons. The first-order valence-electron chi connectivity index (χ1n) is 20.2. The van der Waals surface area contributed by atoms with Crippen molar-refractivity contribution in [1.29, 1.82) is 0 Å². The minimum atomic E-state index is -4.82. The lowest BCUT2D eigenvalue weighted by molar-refractivity contribution is -0.161.